The average molecular weight is 815 g/mol. The first-order chi connectivity index (χ1) is 25.1. The molecule has 320 valence electrons. The van der Waals surface area contributed by atoms with Gasteiger partial charge in [0.1, 0.15) is 36.4 Å². The lowest BCUT2D eigenvalue weighted by Crippen LogP contribution is -2.52. The van der Waals surface area contributed by atoms with E-state index in [1.165, 1.54) is 27.7 Å². The molecular weight excluding hydrogens is 776 g/mol. The molecule has 0 aromatic carbocycles. The fraction of sp³-hybridized carbons (Fsp3) is 0.467. The molecule has 2 N–H and O–H groups in total. The normalized spacial score (nSPS) is 9.64. The van der Waals surface area contributed by atoms with E-state index in [2.05, 4.69) is 0 Å². The largest absolute Gasteiger partial charge is 0.547 e. The Kier molecular flexibility index (Phi) is 63.3. The molecule has 0 aromatic heterocycles. The molecule has 0 radical (unpaired) electrons. The fourth-order valence-electron chi connectivity index (χ4n) is 0.825. The summed E-state index contributed by atoms with van der Waals surface area (Å²) in [6.45, 7) is 11.5. The summed E-state index contributed by atoms with van der Waals surface area (Å²) in [7, 11) is 0. The van der Waals surface area contributed by atoms with Crippen LogP contribution in [0.2, 0.25) is 0 Å². The summed E-state index contributed by atoms with van der Waals surface area (Å²) in [5, 5.41) is 74.8. The third-order valence-corrected chi connectivity index (χ3v) is 3.93. The van der Waals surface area contributed by atoms with Gasteiger partial charge in [0, 0.05) is 27.2 Å². The molecule has 0 aliphatic heterocycles. The highest BCUT2D eigenvalue weighted by molar-refractivity contribution is 6.31. The van der Waals surface area contributed by atoms with E-state index in [0.29, 0.717) is 0 Å². The van der Waals surface area contributed by atoms with Gasteiger partial charge >= 0.3 is 12.3 Å². The van der Waals surface area contributed by atoms with Crippen LogP contribution in [0.5, 0.6) is 0 Å². The lowest BCUT2D eigenvalue weighted by atomic mass is 9.97. The van der Waals surface area contributed by atoms with E-state index >= 15 is 0 Å². The molecule has 2 atom stereocenters. The molecule has 0 fully saturated rings. The Bertz CT molecular complexity index is 1230. The Morgan fingerprint density at radius 1 is 0.518 bits per heavy atom. The highest BCUT2D eigenvalue weighted by Gasteiger charge is 2.31. The topological polar surface area (TPSA) is 486 Å². The quantitative estimate of drug-likeness (QED) is 0.117. The van der Waals surface area contributed by atoms with Crippen molar-refractivity contribution in [2.24, 2.45) is 0 Å². The molecule has 0 aliphatic carbocycles. The molecule has 0 saturated carbocycles. The SMILES string of the molecule is CC(=O)C(=O)[O-].CC(=O)C(=O)[O-].CC(=O)C(=O)[O-].CC(=O)C(C)(O)C(=O)[O-].CC=O.CC=O.CCC(=O)C(=O)[O-].CCC(O)(C(C)=O)C(=O)[O-].O=C=O.O=C=O. The molecule has 26 nitrogen and oxygen atoms in total. The summed E-state index contributed by atoms with van der Waals surface area (Å²) < 4.78 is 0. The van der Waals surface area contributed by atoms with Crippen LogP contribution in [0.25, 0.3) is 0 Å². The summed E-state index contributed by atoms with van der Waals surface area (Å²) in [6, 6.07) is 0. The summed E-state index contributed by atoms with van der Waals surface area (Å²) in [5.41, 5.74) is -4.62. The number of carbonyl (C=O) groups excluding carboxylic acids is 18. The predicted molar refractivity (Wildman–Crippen MR) is 158 cm³/mol. The maximum absolute atomic E-state index is 10.5. The van der Waals surface area contributed by atoms with Crippen molar-refractivity contribution in [2.45, 2.75) is 93.3 Å². The standard InChI is InChI=1S/C6H10O4.C5H8O4.C4H6O3.3C3H4O3.2C2H4O.2CO2/c1-3-6(10,4(2)7)5(8)9;1-3(6)5(2,9)4(7)8;1-2-3(5)4(6)7;3*1-2(4)3(5)6;2*1-2-3;2*2-1-3/h10H,3H2,1-2H3,(H,8,9);9H,1-2H3,(H,7,8);2H2,1H3,(H,6,7);3*1H3,(H,5,6);2*2H,1H3;;/p-6. The van der Waals surface area contributed by atoms with E-state index in [9.17, 15) is 88.2 Å². The number of aliphatic hydroxyl groups is 2. The molecule has 2 unspecified atom stereocenters. The van der Waals surface area contributed by atoms with Gasteiger partial charge in [0.15, 0.2) is 45.9 Å². The van der Waals surface area contributed by atoms with Gasteiger partial charge in [-0.1, -0.05) is 13.8 Å². The summed E-state index contributed by atoms with van der Waals surface area (Å²) in [4.78, 5) is 166. The third kappa shape index (κ3) is 68.8. The highest BCUT2D eigenvalue weighted by Crippen LogP contribution is 2.09. The minimum Gasteiger partial charge on any atom is -0.547 e. The first kappa shape index (κ1) is 74.1. The first-order valence-corrected chi connectivity index (χ1v) is 13.7. The van der Waals surface area contributed by atoms with Crippen molar-refractivity contribution in [2.75, 3.05) is 0 Å². The number of carbonyl (C=O) groups is 14. The zero-order valence-corrected chi connectivity index (χ0v) is 31.3. The van der Waals surface area contributed by atoms with Crippen LogP contribution in [0.4, 0.5) is 0 Å². The molecule has 0 amide bonds. The van der Waals surface area contributed by atoms with Crippen LogP contribution >= 0.6 is 0 Å². The lowest BCUT2D eigenvalue weighted by Gasteiger charge is -2.23. The summed E-state index contributed by atoms with van der Waals surface area (Å²) >= 11 is 0. The van der Waals surface area contributed by atoms with Gasteiger partial charge in [-0.3, -0.25) is 28.8 Å². The molecule has 26 heteroatoms. The van der Waals surface area contributed by atoms with E-state index in [1.807, 2.05) is 0 Å². The number of aldehydes is 2. The van der Waals surface area contributed by atoms with Crippen molar-refractivity contribution in [3.63, 3.8) is 0 Å². The van der Waals surface area contributed by atoms with Crippen molar-refractivity contribution in [3.8, 4) is 0 Å². The van der Waals surface area contributed by atoms with Crippen LogP contribution in [0, 0.1) is 0 Å². The molecule has 0 heterocycles. The zero-order chi connectivity index (χ0) is 48.2. The Hall–Kier alpha value is -7.14. The van der Waals surface area contributed by atoms with Crippen LogP contribution in [-0.4, -0.2) is 117 Å². The molecule has 56 heavy (non-hydrogen) atoms. The predicted octanol–water partition coefficient (Wildman–Crippen LogP) is -10.5. The van der Waals surface area contributed by atoms with Crippen LogP contribution in [0.3, 0.4) is 0 Å². The van der Waals surface area contributed by atoms with Crippen molar-refractivity contribution >= 4 is 95.4 Å². The minimum absolute atomic E-state index is 0.0162. The smallest absolute Gasteiger partial charge is 0.373 e. The van der Waals surface area contributed by atoms with Gasteiger partial charge in [0.05, 0.1) is 11.9 Å². The second-order valence-electron chi connectivity index (χ2n) is 8.21. The molecule has 0 rings (SSSR count). The second-order valence-corrected chi connectivity index (χ2v) is 8.21. The van der Waals surface area contributed by atoms with Crippen LogP contribution < -0.4 is 30.6 Å². The van der Waals surface area contributed by atoms with E-state index in [0.717, 1.165) is 54.1 Å². The number of carboxylic acids is 6. The molecule has 0 aliphatic rings. The number of ketones is 6. The molecule has 0 spiro atoms. The minimum atomic E-state index is -2.33. The Morgan fingerprint density at radius 3 is 0.714 bits per heavy atom. The Morgan fingerprint density at radius 2 is 0.714 bits per heavy atom. The highest BCUT2D eigenvalue weighted by atomic mass is 16.4. The zero-order valence-electron chi connectivity index (χ0n) is 31.3. The number of rotatable bonds is 10. The van der Waals surface area contributed by atoms with E-state index in [4.69, 9.17) is 39.0 Å². The maximum Gasteiger partial charge on any atom is 0.373 e. The van der Waals surface area contributed by atoms with Crippen LogP contribution in [0.1, 0.15) is 82.1 Å². The van der Waals surface area contributed by atoms with Crippen molar-refractivity contribution in [1.29, 1.82) is 0 Å². The summed E-state index contributed by atoms with van der Waals surface area (Å²) in [6.07, 6.45) is 1.85. The van der Waals surface area contributed by atoms with Crippen molar-refractivity contribution in [1.82, 2.24) is 0 Å². The van der Waals surface area contributed by atoms with Gasteiger partial charge in [0.2, 0.25) is 0 Å². The average Bonchev–Trinajstić information content (AvgIpc) is 3.06. The van der Waals surface area contributed by atoms with Crippen LogP contribution in [0.15, 0.2) is 0 Å². The van der Waals surface area contributed by atoms with Crippen molar-refractivity contribution < 1.29 is 127 Å². The summed E-state index contributed by atoms with van der Waals surface area (Å²) in [5.74, 6) is -15.3. The number of carboxylic acid groups (broad SMARTS) is 6. The molecule has 0 saturated heterocycles. The van der Waals surface area contributed by atoms with Crippen molar-refractivity contribution in [3.05, 3.63) is 0 Å². The van der Waals surface area contributed by atoms with E-state index in [1.54, 1.807) is 0 Å². The van der Waals surface area contributed by atoms with E-state index < -0.39 is 81.7 Å². The van der Waals surface area contributed by atoms with Gasteiger partial charge < -0.3 is 79.2 Å². The molecular formula is C30H38O26-6. The third-order valence-electron chi connectivity index (χ3n) is 3.93. The van der Waals surface area contributed by atoms with Gasteiger partial charge in [-0.25, -0.2) is 0 Å². The lowest BCUT2D eigenvalue weighted by molar-refractivity contribution is -0.322. The maximum atomic E-state index is 10.5. The first-order valence-electron chi connectivity index (χ1n) is 13.7. The van der Waals surface area contributed by atoms with Gasteiger partial charge in [-0.05, 0) is 41.0 Å². The number of hydrogen-bond donors (Lipinski definition) is 2. The van der Waals surface area contributed by atoms with E-state index in [-0.39, 0.29) is 25.1 Å². The molecule has 0 bridgehead atoms. The fourth-order valence-corrected chi connectivity index (χ4v) is 0.825. The Balaban J connectivity index is -0.0000000540. The van der Waals surface area contributed by atoms with Gasteiger partial charge in [-0.15, -0.1) is 0 Å². The second kappa shape index (κ2) is 47.9. The molecule has 0 aromatic rings. The number of Topliss-reactive ketones (excluding diaryl/α,β-unsaturated/α-hetero) is 6. The number of hydrogen-bond acceptors (Lipinski definition) is 26. The Labute approximate surface area is 316 Å². The van der Waals surface area contributed by atoms with Gasteiger partial charge in [0.25, 0.3) is 0 Å². The van der Waals surface area contributed by atoms with Crippen LogP contribution in [-0.2, 0) is 86.3 Å². The monoisotopic (exact) mass is 814 g/mol. The number of aliphatic carboxylic acids is 6. The van der Waals surface area contributed by atoms with Gasteiger partial charge in [-0.2, -0.15) is 19.2 Å².